The number of nitrogens with one attached hydrogen (secondary N) is 3. The minimum atomic E-state index is -0.582. The standard InChI is InChI=1S/C21H22Cl2FN3O2/c1-2-6-25-21(29)20-19(12-4-3-5-13(22)7-12)15(10-26-20)14-8-17(24)16(23)9-18(14)27-11-28/h3-5,7-9,11,15,19-20,26H,2,6,10H2,1H3,(H,25,29)(H,27,28)/t15?,19-,20-/m1/s1. The number of hydrogen-bond acceptors (Lipinski definition) is 3. The second-order valence-electron chi connectivity index (χ2n) is 6.98. The highest BCUT2D eigenvalue weighted by molar-refractivity contribution is 6.31. The van der Waals surface area contributed by atoms with Crippen LogP contribution < -0.4 is 16.0 Å². The largest absolute Gasteiger partial charge is 0.355 e. The molecule has 0 bridgehead atoms. The maximum absolute atomic E-state index is 14.3. The van der Waals surface area contributed by atoms with Crippen molar-refractivity contribution in [3.8, 4) is 0 Å². The Hall–Kier alpha value is -2.15. The third-order valence-corrected chi connectivity index (χ3v) is 5.65. The van der Waals surface area contributed by atoms with E-state index < -0.39 is 11.9 Å². The molecule has 1 saturated heterocycles. The van der Waals surface area contributed by atoms with Crippen LogP contribution in [0.5, 0.6) is 0 Å². The average molecular weight is 438 g/mol. The molecule has 0 radical (unpaired) electrons. The van der Waals surface area contributed by atoms with Gasteiger partial charge in [0, 0.05) is 35.6 Å². The molecule has 0 spiro atoms. The third kappa shape index (κ3) is 4.71. The van der Waals surface area contributed by atoms with Gasteiger partial charge in [0.15, 0.2) is 0 Å². The van der Waals surface area contributed by atoms with Gasteiger partial charge in [-0.25, -0.2) is 4.39 Å². The monoisotopic (exact) mass is 437 g/mol. The molecule has 3 rings (SSSR count). The Bertz CT molecular complexity index is 909. The van der Waals surface area contributed by atoms with Gasteiger partial charge >= 0.3 is 0 Å². The van der Waals surface area contributed by atoms with E-state index in [1.54, 1.807) is 6.07 Å². The van der Waals surface area contributed by atoms with Crippen LogP contribution in [0.1, 0.15) is 36.3 Å². The number of carbonyl (C=O) groups is 2. The highest BCUT2D eigenvalue weighted by Gasteiger charge is 2.42. The van der Waals surface area contributed by atoms with Crippen molar-refractivity contribution in [1.82, 2.24) is 10.6 Å². The Balaban J connectivity index is 2.07. The Labute approximate surface area is 179 Å². The first kappa shape index (κ1) is 21.6. The van der Waals surface area contributed by atoms with Crippen LogP contribution in [0.3, 0.4) is 0 Å². The van der Waals surface area contributed by atoms with Crippen molar-refractivity contribution in [2.45, 2.75) is 31.2 Å². The fourth-order valence-electron chi connectivity index (χ4n) is 3.85. The molecule has 2 aromatic rings. The minimum Gasteiger partial charge on any atom is -0.355 e. The zero-order valence-electron chi connectivity index (χ0n) is 15.8. The van der Waals surface area contributed by atoms with Crippen LogP contribution in [0.15, 0.2) is 36.4 Å². The highest BCUT2D eigenvalue weighted by atomic mass is 35.5. The Kier molecular flexibility index (Phi) is 7.11. The number of rotatable bonds is 7. The Morgan fingerprint density at radius 3 is 2.79 bits per heavy atom. The molecule has 0 aromatic heterocycles. The second-order valence-corrected chi connectivity index (χ2v) is 7.82. The number of anilines is 1. The molecule has 0 aliphatic carbocycles. The summed E-state index contributed by atoms with van der Waals surface area (Å²) in [5, 5.41) is 9.24. The van der Waals surface area contributed by atoms with Crippen LogP contribution in [0, 0.1) is 5.82 Å². The summed E-state index contributed by atoms with van der Waals surface area (Å²) >= 11 is 12.1. The molecule has 29 heavy (non-hydrogen) atoms. The first-order valence-electron chi connectivity index (χ1n) is 9.42. The number of hydrogen-bond donors (Lipinski definition) is 3. The lowest BCUT2D eigenvalue weighted by Crippen LogP contribution is -2.43. The van der Waals surface area contributed by atoms with Crippen molar-refractivity contribution in [2.24, 2.45) is 0 Å². The molecule has 3 atom stereocenters. The van der Waals surface area contributed by atoms with Gasteiger partial charge in [0.25, 0.3) is 0 Å². The van der Waals surface area contributed by atoms with Crippen LogP contribution in [0.4, 0.5) is 10.1 Å². The lowest BCUT2D eigenvalue weighted by atomic mass is 9.79. The summed E-state index contributed by atoms with van der Waals surface area (Å²) in [6.45, 7) is 2.97. The van der Waals surface area contributed by atoms with Crippen LogP contribution in [0.2, 0.25) is 10.0 Å². The maximum atomic E-state index is 14.3. The molecule has 1 heterocycles. The number of benzene rings is 2. The van der Waals surface area contributed by atoms with Gasteiger partial charge in [-0.3, -0.25) is 9.59 Å². The molecular weight excluding hydrogens is 416 g/mol. The van der Waals surface area contributed by atoms with Gasteiger partial charge < -0.3 is 16.0 Å². The van der Waals surface area contributed by atoms with Gasteiger partial charge in [0.05, 0.1) is 11.1 Å². The minimum absolute atomic E-state index is 0.0828. The molecule has 1 aliphatic rings. The molecule has 5 nitrogen and oxygen atoms in total. The van der Waals surface area contributed by atoms with E-state index in [0.29, 0.717) is 35.8 Å². The van der Waals surface area contributed by atoms with E-state index in [2.05, 4.69) is 16.0 Å². The second kappa shape index (κ2) is 9.57. The lowest BCUT2D eigenvalue weighted by molar-refractivity contribution is -0.123. The Morgan fingerprint density at radius 2 is 2.10 bits per heavy atom. The summed E-state index contributed by atoms with van der Waals surface area (Å²) in [6, 6.07) is 9.48. The van der Waals surface area contributed by atoms with E-state index in [1.165, 1.54) is 12.1 Å². The van der Waals surface area contributed by atoms with Gasteiger partial charge in [0.2, 0.25) is 12.3 Å². The van der Waals surface area contributed by atoms with Crippen molar-refractivity contribution in [2.75, 3.05) is 18.4 Å². The summed E-state index contributed by atoms with van der Waals surface area (Å²) in [4.78, 5) is 23.9. The summed E-state index contributed by atoms with van der Waals surface area (Å²) in [7, 11) is 0. The van der Waals surface area contributed by atoms with Crippen LogP contribution >= 0.6 is 23.2 Å². The molecule has 3 N–H and O–H groups in total. The quantitative estimate of drug-likeness (QED) is 0.571. The molecule has 1 fully saturated rings. The molecule has 1 unspecified atom stereocenters. The van der Waals surface area contributed by atoms with E-state index in [-0.39, 0.29) is 22.8 Å². The van der Waals surface area contributed by atoms with Gasteiger partial charge in [0.1, 0.15) is 5.82 Å². The summed E-state index contributed by atoms with van der Waals surface area (Å²) < 4.78 is 14.3. The highest BCUT2D eigenvalue weighted by Crippen LogP contribution is 2.43. The number of halogens is 3. The van der Waals surface area contributed by atoms with E-state index in [1.807, 2.05) is 25.1 Å². The van der Waals surface area contributed by atoms with Crippen LogP contribution in [0.25, 0.3) is 0 Å². The lowest BCUT2D eigenvalue weighted by Gasteiger charge is -2.26. The van der Waals surface area contributed by atoms with Crippen molar-refractivity contribution in [3.05, 3.63) is 63.4 Å². The van der Waals surface area contributed by atoms with Gasteiger partial charge in [-0.15, -0.1) is 0 Å². The predicted molar refractivity (Wildman–Crippen MR) is 113 cm³/mol. The first-order valence-corrected chi connectivity index (χ1v) is 10.2. The summed E-state index contributed by atoms with van der Waals surface area (Å²) in [5.41, 5.74) is 1.85. The molecule has 2 amide bonds. The van der Waals surface area contributed by atoms with Crippen molar-refractivity contribution in [3.63, 3.8) is 0 Å². The van der Waals surface area contributed by atoms with Crippen molar-refractivity contribution in [1.29, 1.82) is 0 Å². The van der Waals surface area contributed by atoms with E-state index in [9.17, 15) is 14.0 Å². The van der Waals surface area contributed by atoms with Crippen molar-refractivity contribution < 1.29 is 14.0 Å². The zero-order valence-corrected chi connectivity index (χ0v) is 17.4. The van der Waals surface area contributed by atoms with E-state index >= 15 is 0 Å². The van der Waals surface area contributed by atoms with Gasteiger partial charge in [-0.1, -0.05) is 42.3 Å². The molecule has 1 aliphatic heterocycles. The molecule has 0 saturated carbocycles. The average Bonchev–Trinajstić information content (AvgIpc) is 3.14. The first-order chi connectivity index (χ1) is 14.0. The van der Waals surface area contributed by atoms with Gasteiger partial charge in [-0.05, 0) is 41.8 Å². The van der Waals surface area contributed by atoms with E-state index in [4.69, 9.17) is 23.2 Å². The maximum Gasteiger partial charge on any atom is 0.237 e. The van der Waals surface area contributed by atoms with E-state index in [0.717, 1.165) is 12.0 Å². The fraction of sp³-hybridized carbons (Fsp3) is 0.333. The number of amides is 2. The molecule has 154 valence electrons. The van der Waals surface area contributed by atoms with Gasteiger partial charge in [-0.2, -0.15) is 0 Å². The molecule has 8 heteroatoms. The Morgan fingerprint density at radius 1 is 1.31 bits per heavy atom. The topological polar surface area (TPSA) is 70.2 Å². The predicted octanol–water partition coefficient (Wildman–Crippen LogP) is 4.07. The normalized spacial score (nSPS) is 21.0. The smallest absolute Gasteiger partial charge is 0.237 e. The van der Waals surface area contributed by atoms with Crippen LogP contribution in [-0.4, -0.2) is 31.4 Å². The van der Waals surface area contributed by atoms with Crippen molar-refractivity contribution >= 4 is 41.2 Å². The fourth-order valence-corrected chi connectivity index (χ4v) is 4.22. The van der Waals surface area contributed by atoms with Crippen LogP contribution in [-0.2, 0) is 9.59 Å². The summed E-state index contributed by atoms with van der Waals surface area (Å²) in [6.07, 6.45) is 1.34. The zero-order chi connectivity index (χ0) is 21.0. The number of carbonyl (C=O) groups excluding carboxylic acids is 2. The third-order valence-electron chi connectivity index (χ3n) is 5.12. The molecule has 2 aromatic carbocycles. The molecular formula is C21H22Cl2FN3O2. The SMILES string of the molecule is CCCNC(=O)[C@@H]1NCC(c2cc(F)c(Cl)cc2NC=O)[C@H]1c1cccc(Cl)c1. The summed E-state index contributed by atoms with van der Waals surface area (Å²) in [5.74, 6) is -1.29.